The van der Waals surface area contributed by atoms with Gasteiger partial charge in [0.25, 0.3) is 0 Å². The number of fused-ring (bicyclic) bond motifs is 1. The second kappa shape index (κ2) is 14.3. The van der Waals surface area contributed by atoms with Crippen LogP contribution in [-0.2, 0) is 19.8 Å². The van der Waals surface area contributed by atoms with Crippen molar-refractivity contribution < 1.29 is 23.5 Å². The molecule has 1 amide bonds. The molecule has 1 saturated heterocycles. The molecule has 54 heavy (non-hydrogen) atoms. The third kappa shape index (κ3) is 7.03. The maximum absolute atomic E-state index is 14.6. The number of hydrogen-bond donors (Lipinski definition) is 1. The summed E-state index contributed by atoms with van der Waals surface area (Å²) in [6.07, 6.45) is 6.49. The number of halogens is 1. The van der Waals surface area contributed by atoms with Crippen molar-refractivity contribution in [1.29, 1.82) is 10.5 Å². The van der Waals surface area contributed by atoms with Gasteiger partial charge in [-0.15, -0.1) is 5.10 Å². The molecule has 0 radical (unpaired) electrons. The Kier molecular flexibility index (Phi) is 9.70. The maximum Gasteiger partial charge on any atom is 0.418 e. The van der Waals surface area contributed by atoms with Crippen LogP contribution in [0.3, 0.4) is 0 Å². The van der Waals surface area contributed by atoms with Gasteiger partial charge in [0.1, 0.15) is 23.9 Å². The minimum absolute atomic E-state index is 0.127. The second-order valence-corrected chi connectivity index (χ2v) is 16.0. The number of benzene rings is 1. The van der Waals surface area contributed by atoms with E-state index in [9.17, 15) is 24.5 Å². The van der Waals surface area contributed by atoms with E-state index < -0.39 is 30.8 Å². The number of anilines is 2. The lowest BCUT2D eigenvalue weighted by Gasteiger charge is -2.61. The molecule has 3 saturated carbocycles. The number of ether oxygens (including phenoxy) is 2. The number of amides is 1. The fourth-order valence-corrected chi connectivity index (χ4v) is 7.68. The molecule has 4 aromatic rings. The van der Waals surface area contributed by atoms with Crippen LogP contribution in [0.1, 0.15) is 87.0 Å². The first-order valence-electron chi connectivity index (χ1n) is 18.2. The van der Waals surface area contributed by atoms with Crippen molar-refractivity contribution >= 4 is 34.3 Å². The largest absolute Gasteiger partial charge is 0.428 e. The number of nitrogens with one attached hydrogen (secondary N) is 1. The average Bonchev–Trinajstić information content (AvgIpc) is 3.56. The van der Waals surface area contributed by atoms with E-state index in [-0.39, 0.29) is 39.4 Å². The fourth-order valence-electron chi connectivity index (χ4n) is 7.68. The van der Waals surface area contributed by atoms with Crippen LogP contribution in [0.5, 0.6) is 0 Å². The number of likely N-dealkylation sites (tertiary alicyclic amines) is 1. The number of aryl methyl sites for hydroxylation is 1. The van der Waals surface area contributed by atoms with Crippen LogP contribution in [-0.4, -0.2) is 75.4 Å². The van der Waals surface area contributed by atoms with Crippen molar-refractivity contribution in [1.82, 2.24) is 29.9 Å². The summed E-state index contributed by atoms with van der Waals surface area (Å²) in [7, 11) is 1.99. The van der Waals surface area contributed by atoms with E-state index in [1.165, 1.54) is 29.3 Å². The van der Waals surface area contributed by atoms with E-state index in [0.717, 1.165) is 32.4 Å². The molecular formula is C39H43FN10O4. The summed E-state index contributed by atoms with van der Waals surface area (Å²) in [5, 5.41) is 33.4. The number of hydrogen-bond acceptors (Lipinski definition) is 12. The second-order valence-electron chi connectivity index (χ2n) is 16.0. The zero-order chi connectivity index (χ0) is 38.4. The van der Waals surface area contributed by atoms with Gasteiger partial charge in [0.15, 0.2) is 0 Å². The molecule has 4 heterocycles. The number of nitrogens with zero attached hydrogens (tertiary/aromatic N) is 9. The molecule has 0 spiro atoms. The molecule has 8 rings (SSSR count). The minimum Gasteiger partial charge on any atom is -0.428 e. The molecule has 4 fully saturated rings. The molecule has 14 nitrogen and oxygen atoms in total. The van der Waals surface area contributed by atoms with Crippen LogP contribution >= 0.6 is 0 Å². The van der Waals surface area contributed by atoms with Gasteiger partial charge in [0.05, 0.1) is 45.7 Å². The molecule has 1 atom stereocenters. The molecule has 1 aliphatic heterocycles. The number of pyridine rings is 2. The highest BCUT2D eigenvalue weighted by molar-refractivity contribution is 6.01. The number of esters is 1. The molecule has 3 aromatic heterocycles. The third-order valence-electron chi connectivity index (χ3n) is 10.8. The van der Waals surface area contributed by atoms with E-state index in [2.05, 4.69) is 42.6 Å². The molecule has 1 N–H and O–H groups in total. The lowest BCUT2D eigenvalue weighted by molar-refractivity contribution is -0.158. The van der Waals surface area contributed by atoms with Crippen molar-refractivity contribution in [3.8, 4) is 12.1 Å². The highest BCUT2D eigenvalue weighted by Gasteiger charge is 2.59. The van der Waals surface area contributed by atoms with Gasteiger partial charge >= 0.3 is 12.1 Å². The number of piperidine rings is 1. The van der Waals surface area contributed by atoms with Crippen LogP contribution in [0.2, 0.25) is 0 Å². The minimum atomic E-state index is -1.08. The van der Waals surface area contributed by atoms with Gasteiger partial charge in [0, 0.05) is 29.4 Å². The van der Waals surface area contributed by atoms with Crippen LogP contribution in [0.4, 0.5) is 20.6 Å². The molecule has 3 aliphatic carbocycles. The van der Waals surface area contributed by atoms with Crippen molar-refractivity contribution in [2.45, 2.75) is 71.4 Å². The highest BCUT2D eigenvalue weighted by atomic mass is 19.1. The van der Waals surface area contributed by atoms with Gasteiger partial charge < -0.3 is 19.7 Å². The van der Waals surface area contributed by atoms with E-state index >= 15 is 0 Å². The Morgan fingerprint density at radius 1 is 1.11 bits per heavy atom. The smallest absolute Gasteiger partial charge is 0.418 e. The topological polar surface area (TPSA) is 175 Å². The van der Waals surface area contributed by atoms with Crippen molar-refractivity contribution in [3.63, 3.8) is 0 Å². The molecule has 1 aromatic carbocycles. The zero-order valence-corrected chi connectivity index (χ0v) is 31.1. The van der Waals surface area contributed by atoms with E-state index in [0.29, 0.717) is 53.2 Å². The Balaban J connectivity index is 1.35. The van der Waals surface area contributed by atoms with E-state index in [1.807, 2.05) is 32.5 Å². The fraction of sp³-hybridized carbons (Fsp3) is 0.487. The van der Waals surface area contributed by atoms with E-state index in [1.54, 1.807) is 19.2 Å². The lowest BCUT2D eigenvalue weighted by Crippen LogP contribution is -2.59. The first-order valence-corrected chi connectivity index (χ1v) is 18.2. The Bertz CT molecular complexity index is 2180. The monoisotopic (exact) mass is 734 g/mol. The summed E-state index contributed by atoms with van der Waals surface area (Å²) >= 11 is 0. The molecule has 4 aliphatic rings. The first-order chi connectivity index (χ1) is 25.8. The van der Waals surface area contributed by atoms with Gasteiger partial charge in [0.2, 0.25) is 12.7 Å². The van der Waals surface area contributed by atoms with Crippen LogP contribution in [0, 0.1) is 52.8 Å². The Morgan fingerprint density at radius 2 is 1.83 bits per heavy atom. The van der Waals surface area contributed by atoms with E-state index in [4.69, 9.17) is 9.47 Å². The number of aromatic nitrogens is 5. The summed E-state index contributed by atoms with van der Waals surface area (Å²) in [5.41, 5.74) is 2.09. The number of carbonyl (C=O) groups excluding carboxylic acids is 2. The summed E-state index contributed by atoms with van der Waals surface area (Å²) < 4.78 is 27.5. The number of carbonyl (C=O) groups is 2. The lowest BCUT2D eigenvalue weighted by atomic mass is 9.50. The van der Waals surface area contributed by atoms with Crippen molar-refractivity contribution in [3.05, 3.63) is 70.7 Å². The SMILES string of the molecule is Cc1nc(F)ccc1[C@@H](c1cn(C23CC(C2)C3)nn1)N(C(=O)OCOC(=O)C1CCN(C)CC1)c1cc(C#N)c2ncc(C#N)c(NCC(C)(C)C)c2c1. The van der Waals surface area contributed by atoms with Crippen molar-refractivity contribution in [2.24, 2.45) is 17.3 Å². The predicted molar refractivity (Wildman–Crippen MR) is 195 cm³/mol. The summed E-state index contributed by atoms with van der Waals surface area (Å²) in [5.74, 6) is -0.815. The third-order valence-corrected chi connectivity index (χ3v) is 10.8. The van der Waals surface area contributed by atoms with Crippen LogP contribution < -0.4 is 10.2 Å². The van der Waals surface area contributed by atoms with Crippen molar-refractivity contribution in [2.75, 3.05) is 43.7 Å². The highest BCUT2D eigenvalue weighted by Crippen LogP contribution is 2.62. The van der Waals surface area contributed by atoms with Gasteiger partial charge in [-0.1, -0.05) is 32.1 Å². The molecule has 280 valence electrons. The Morgan fingerprint density at radius 3 is 2.46 bits per heavy atom. The molecular weight excluding hydrogens is 691 g/mol. The normalized spacial score (nSPS) is 20.2. The quantitative estimate of drug-likeness (QED) is 0.115. The number of rotatable bonds is 10. The molecule has 15 heteroatoms. The Hall–Kier alpha value is -5.67. The van der Waals surface area contributed by atoms with Crippen LogP contribution in [0.15, 0.2) is 36.7 Å². The summed E-state index contributed by atoms with van der Waals surface area (Å²) in [4.78, 5) is 39.5. The molecule has 0 unspecified atom stereocenters. The van der Waals surface area contributed by atoms with Gasteiger partial charge in [-0.2, -0.15) is 14.9 Å². The standard InChI is InChI=1S/C39H43FN10O4/c1-23-29(6-7-32(40)45-23)35(31-20-49(47-46-31)39-14-24(15-39)16-39)50(37(52)54-22-53-36(51)25-8-10-48(5)11-9-25)28-12-26(17-41)33-30(13-28)34(27(18-42)19-43-33)44-21-38(2,3)4/h6-7,12-13,19-20,24-25,35H,8-11,14-16,21-22H2,1-5H3,(H,43,44)/t24?,35-,39?/m0/s1. The van der Waals surface area contributed by atoms with Gasteiger partial charge in [-0.3, -0.25) is 14.7 Å². The first kappa shape index (κ1) is 36.7. The maximum atomic E-state index is 14.6. The number of nitriles is 2. The zero-order valence-electron chi connectivity index (χ0n) is 31.1. The summed E-state index contributed by atoms with van der Waals surface area (Å²) in [6.45, 7) is 9.08. The molecule has 2 bridgehead atoms. The van der Waals surface area contributed by atoms with Crippen LogP contribution in [0.25, 0.3) is 10.9 Å². The summed E-state index contributed by atoms with van der Waals surface area (Å²) in [6, 6.07) is 9.20. The Labute approximate surface area is 312 Å². The van der Waals surface area contributed by atoms with Gasteiger partial charge in [-0.25, -0.2) is 14.5 Å². The predicted octanol–water partition coefficient (Wildman–Crippen LogP) is 5.95. The average molecular weight is 735 g/mol. The van der Waals surface area contributed by atoms with Gasteiger partial charge in [-0.05, 0) is 88.7 Å².